The van der Waals surface area contributed by atoms with Crippen molar-refractivity contribution in [2.75, 3.05) is 7.11 Å². The molecule has 0 spiro atoms. The summed E-state index contributed by atoms with van der Waals surface area (Å²) < 4.78 is 15.4. The van der Waals surface area contributed by atoms with Crippen molar-refractivity contribution >= 4 is 0 Å². The summed E-state index contributed by atoms with van der Waals surface area (Å²) in [4.78, 5) is 11.6. The van der Waals surface area contributed by atoms with E-state index < -0.39 is 5.63 Å². The van der Waals surface area contributed by atoms with Gasteiger partial charge in [-0.25, -0.2) is 4.79 Å². The molecule has 0 saturated carbocycles. The predicted molar refractivity (Wildman–Crippen MR) is 58.7 cm³/mol. The number of methoxy groups -OCH3 is 1. The summed E-state index contributed by atoms with van der Waals surface area (Å²) in [5.74, 6) is 1.24. The van der Waals surface area contributed by atoms with E-state index in [1.165, 1.54) is 13.4 Å². The van der Waals surface area contributed by atoms with Crippen molar-refractivity contribution in [3.8, 4) is 17.3 Å². The van der Waals surface area contributed by atoms with Crippen LogP contribution < -0.4 is 10.4 Å². The van der Waals surface area contributed by atoms with Crippen molar-refractivity contribution in [3.63, 3.8) is 0 Å². The third-order valence-corrected chi connectivity index (χ3v) is 2.57. The first-order chi connectivity index (χ1) is 7.65. The molecule has 0 N–H and O–H groups in total. The second-order valence-electron chi connectivity index (χ2n) is 3.48. The van der Waals surface area contributed by atoms with Gasteiger partial charge in [0.25, 0.3) is 0 Å². The van der Waals surface area contributed by atoms with Gasteiger partial charge in [0.1, 0.15) is 0 Å². The Morgan fingerprint density at radius 3 is 2.56 bits per heavy atom. The van der Waals surface area contributed by atoms with Crippen LogP contribution in [0.5, 0.6) is 5.75 Å². The molecule has 0 amide bonds. The number of rotatable bonds is 2. The van der Waals surface area contributed by atoms with Crippen molar-refractivity contribution in [2.45, 2.75) is 13.8 Å². The average Bonchev–Trinajstić information content (AvgIpc) is 2.77. The smallest absolute Gasteiger partial charge is 0.379 e. The van der Waals surface area contributed by atoms with Crippen LogP contribution in [0.15, 0.2) is 32.0 Å². The zero-order valence-electron chi connectivity index (χ0n) is 9.37. The highest BCUT2D eigenvalue weighted by molar-refractivity contribution is 5.58. The maximum absolute atomic E-state index is 11.6. The van der Waals surface area contributed by atoms with Crippen molar-refractivity contribution in [1.82, 2.24) is 0 Å². The van der Waals surface area contributed by atoms with Crippen LogP contribution in [0, 0.1) is 13.8 Å². The molecule has 2 aromatic rings. The molecule has 16 heavy (non-hydrogen) atoms. The molecule has 0 radical (unpaired) electrons. The lowest BCUT2D eigenvalue weighted by Crippen LogP contribution is -2.08. The molecule has 4 heteroatoms. The van der Waals surface area contributed by atoms with E-state index in [0.717, 1.165) is 11.1 Å². The van der Waals surface area contributed by atoms with Gasteiger partial charge in [-0.1, -0.05) is 0 Å². The van der Waals surface area contributed by atoms with Crippen molar-refractivity contribution < 1.29 is 13.6 Å². The van der Waals surface area contributed by atoms with E-state index in [4.69, 9.17) is 13.6 Å². The molecular weight excluding hydrogens is 208 g/mol. The molecule has 2 heterocycles. The highest BCUT2D eigenvalue weighted by atomic mass is 16.5. The van der Waals surface area contributed by atoms with Gasteiger partial charge in [0.2, 0.25) is 5.75 Å². The maximum Gasteiger partial charge on any atom is 0.379 e. The van der Waals surface area contributed by atoms with Crippen LogP contribution in [-0.2, 0) is 0 Å². The second-order valence-corrected chi connectivity index (χ2v) is 3.48. The van der Waals surface area contributed by atoms with Gasteiger partial charge in [-0.2, -0.15) is 0 Å². The molecule has 0 aliphatic carbocycles. The number of ether oxygens (including phenoxy) is 1. The topological polar surface area (TPSA) is 52.6 Å². The summed E-state index contributed by atoms with van der Waals surface area (Å²) in [7, 11) is 1.45. The second kappa shape index (κ2) is 3.89. The van der Waals surface area contributed by atoms with Crippen LogP contribution in [0.4, 0.5) is 0 Å². The van der Waals surface area contributed by atoms with Crippen molar-refractivity contribution in [2.24, 2.45) is 0 Å². The van der Waals surface area contributed by atoms with Crippen LogP contribution in [0.1, 0.15) is 11.1 Å². The molecule has 0 aromatic carbocycles. The molecule has 2 rings (SSSR count). The molecule has 84 valence electrons. The van der Waals surface area contributed by atoms with E-state index in [0.29, 0.717) is 11.5 Å². The fourth-order valence-corrected chi connectivity index (χ4v) is 1.59. The number of hydrogen-bond donors (Lipinski definition) is 0. The van der Waals surface area contributed by atoms with Crippen LogP contribution in [0.2, 0.25) is 0 Å². The van der Waals surface area contributed by atoms with Gasteiger partial charge in [0.15, 0.2) is 11.5 Å². The largest absolute Gasteiger partial charge is 0.490 e. The van der Waals surface area contributed by atoms with E-state index in [9.17, 15) is 4.79 Å². The van der Waals surface area contributed by atoms with Crippen LogP contribution in [0.3, 0.4) is 0 Å². The summed E-state index contributed by atoms with van der Waals surface area (Å²) in [6, 6.07) is 3.49. The minimum absolute atomic E-state index is 0.243. The Kier molecular flexibility index (Phi) is 2.56. The van der Waals surface area contributed by atoms with Gasteiger partial charge >= 0.3 is 5.63 Å². The lowest BCUT2D eigenvalue weighted by molar-refractivity contribution is 0.372. The van der Waals surface area contributed by atoms with E-state index in [2.05, 4.69) is 0 Å². The third-order valence-electron chi connectivity index (χ3n) is 2.57. The molecule has 0 aliphatic rings. The molecule has 2 aromatic heterocycles. The lowest BCUT2D eigenvalue weighted by Gasteiger charge is -2.08. The minimum Gasteiger partial charge on any atom is -0.490 e. The average molecular weight is 220 g/mol. The summed E-state index contributed by atoms with van der Waals surface area (Å²) in [5, 5.41) is 0. The SMILES string of the molecule is COc1c(C)c(C)c(-c2ccco2)oc1=O. The Morgan fingerprint density at radius 1 is 1.25 bits per heavy atom. The summed E-state index contributed by atoms with van der Waals surface area (Å²) in [5.41, 5.74) is 1.12. The normalized spacial score (nSPS) is 10.4. The first-order valence-electron chi connectivity index (χ1n) is 4.87. The Hall–Kier alpha value is -1.97. The first-order valence-corrected chi connectivity index (χ1v) is 4.87. The van der Waals surface area contributed by atoms with Gasteiger partial charge < -0.3 is 13.6 Å². The van der Waals surface area contributed by atoms with E-state index in [1.54, 1.807) is 12.1 Å². The molecule has 0 saturated heterocycles. The summed E-state index contributed by atoms with van der Waals surface area (Å²) >= 11 is 0. The Balaban J connectivity index is 2.71. The first kappa shape index (κ1) is 10.5. The Bertz CT molecular complexity index is 549. The zero-order chi connectivity index (χ0) is 11.7. The van der Waals surface area contributed by atoms with Crippen LogP contribution in [-0.4, -0.2) is 7.11 Å². The standard InChI is InChI=1S/C12H12O4/c1-7-8(2)11(14-3)12(13)16-10(7)9-5-4-6-15-9/h4-6H,1-3H3. The molecule has 0 unspecified atom stereocenters. The quantitative estimate of drug-likeness (QED) is 0.780. The van der Waals surface area contributed by atoms with E-state index in [-0.39, 0.29) is 5.75 Å². The van der Waals surface area contributed by atoms with Crippen LogP contribution >= 0.6 is 0 Å². The van der Waals surface area contributed by atoms with Gasteiger partial charge in [-0.3, -0.25) is 0 Å². The van der Waals surface area contributed by atoms with Gasteiger partial charge in [0, 0.05) is 11.1 Å². The Morgan fingerprint density at radius 2 is 2.00 bits per heavy atom. The highest BCUT2D eigenvalue weighted by Crippen LogP contribution is 2.28. The fourth-order valence-electron chi connectivity index (χ4n) is 1.59. The molecule has 0 bridgehead atoms. The van der Waals surface area contributed by atoms with Crippen molar-refractivity contribution in [3.05, 3.63) is 39.9 Å². The van der Waals surface area contributed by atoms with E-state index >= 15 is 0 Å². The Labute approximate surface area is 92.5 Å². The maximum atomic E-state index is 11.6. The minimum atomic E-state index is -0.489. The monoisotopic (exact) mass is 220 g/mol. The number of furan rings is 1. The predicted octanol–water partition coefficient (Wildman–Crippen LogP) is 2.53. The zero-order valence-corrected chi connectivity index (χ0v) is 9.37. The number of hydrogen-bond acceptors (Lipinski definition) is 4. The van der Waals surface area contributed by atoms with Gasteiger partial charge in [-0.15, -0.1) is 0 Å². The van der Waals surface area contributed by atoms with E-state index in [1.807, 2.05) is 13.8 Å². The highest BCUT2D eigenvalue weighted by Gasteiger charge is 2.16. The summed E-state index contributed by atoms with van der Waals surface area (Å²) in [6.45, 7) is 3.68. The lowest BCUT2D eigenvalue weighted by atomic mass is 10.1. The molecule has 0 fully saturated rings. The third kappa shape index (κ3) is 1.52. The summed E-state index contributed by atoms with van der Waals surface area (Å²) in [6.07, 6.45) is 1.54. The van der Waals surface area contributed by atoms with Crippen LogP contribution in [0.25, 0.3) is 11.5 Å². The molecule has 0 aliphatic heterocycles. The molecule has 4 nitrogen and oxygen atoms in total. The van der Waals surface area contributed by atoms with Gasteiger partial charge in [0.05, 0.1) is 13.4 Å². The van der Waals surface area contributed by atoms with Gasteiger partial charge in [-0.05, 0) is 26.0 Å². The molecule has 0 atom stereocenters. The van der Waals surface area contributed by atoms with Crippen molar-refractivity contribution in [1.29, 1.82) is 0 Å². The molecular formula is C12H12O4. The fraction of sp³-hybridized carbons (Fsp3) is 0.250.